The van der Waals surface area contributed by atoms with Gasteiger partial charge in [0.1, 0.15) is 12.6 Å². The number of nitrogens with one attached hydrogen (secondary N) is 1. The molecule has 3 aromatic carbocycles. The normalized spacial score (nSPS) is 14.6. The summed E-state index contributed by atoms with van der Waals surface area (Å²) in [4.78, 5) is 29.4. The maximum atomic E-state index is 14.3. The van der Waals surface area contributed by atoms with Gasteiger partial charge in [-0.25, -0.2) is 8.42 Å². The fraction of sp³-hybridized carbons (Fsp3) is 0.375. The number of hydrogen-bond acceptors (Lipinski definition) is 4. The van der Waals surface area contributed by atoms with Gasteiger partial charge in [-0.1, -0.05) is 96.4 Å². The van der Waals surface area contributed by atoms with E-state index in [0.29, 0.717) is 15.6 Å². The fourth-order valence-corrected chi connectivity index (χ4v) is 7.54. The summed E-state index contributed by atoms with van der Waals surface area (Å²) in [6.45, 7) is 2.92. The summed E-state index contributed by atoms with van der Waals surface area (Å²) < 4.78 is 29.1. The molecule has 1 unspecified atom stereocenters. The van der Waals surface area contributed by atoms with Crippen LogP contribution in [-0.4, -0.2) is 43.8 Å². The number of amides is 2. The van der Waals surface area contributed by atoms with Crippen LogP contribution in [0.15, 0.2) is 65.6 Å². The SMILES string of the molecule is CCC(C(=O)NC1CCCCC1)N(Cc1c(Cl)cccc1Cl)C(=O)CN(c1ccc(Cl)c(Cl)c1)S(=O)(=O)c1ccc(C)cc1. The zero-order valence-electron chi connectivity index (χ0n) is 24.5. The van der Waals surface area contributed by atoms with Crippen molar-refractivity contribution in [1.29, 1.82) is 0 Å². The van der Waals surface area contributed by atoms with Crippen molar-refractivity contribution >= 4 is 73.9 Å². The Morgan fingerprint density at radius 3 is 2.11 bits per heavy atom. The summed E-state index contributed by atoms with van der Waals surface area (Å²) in [5.41, 5.74) is 1.47. The average Bonchev–Trinajstić information content (AvgIpc) is 2.99. The molecule has 0 bridgehead atoms. The van der Waals surface area contributed by atoms with Gasteiger partial charge in [0, 0.05) is 28.2 Å². The average molecular weight is 700 g/mol. The van der Waals surface area contributed by atoms with Gasteiger partial charge in [-0.3, -0.25) is 13.9 Å². The molecular weight excluding hydrogens is 664 g/mol. The Bertz CT molecular complexity index is 1580. The van der Waals surface area contributed by atoms with Crippen LogP contribution in [0.5, 0.6) is 0 Å². The van der Waals surface area contributed by atoms with Gasteiger partial charge in [-0.15, -0.1) is 0 Å². The maximum Gasteiger partial charge on any atom is 0.264 e. The zero-order valence-corrected chi connectivity index (χ0v) is 28.4. The molecule has 0 aromatic heterocycles. The van der Waals surface area contributed by atoms with Crippen LogP contribution in [0.4, 0.5) is 5.69 Å². The predicted octanol–water partition coefficient (Wildman–Crippen LogP) is 8.06. The topological polar surface area (TPSA) is 86.8 Å². The molecule has 0 aliphatic heterocycles. The van der Waals surface area contributed by atoms with Crippen LogP contribution < -0.4 is 9.62 Å². The number of carbonyl (C=O) groups excluding carboxylic acids is 2. The lowest BCUT2D eigenvalue weighted by Crippen LogP contribution is -2.54. The fourth-order valence-electron chi connectivity index (χ4n) is 5.32. The van der Waals surface area contributed by atoms with Crippen LogP contribution in [-0.2, 0) is 26.2 Å². The molecule has 1 aliphatic rings. The molecule has 1 atom stereocenters. The second-order valence-electron chi connectivity index (χ2n) is 10.9. The van der Waals surface area contributed by atoms with Gasteiger partial charge in [-0.05, 0) is 68.7 Å². The summed E-state index contributed by atoms with van der Waals surface area (Å²) in [6.07, 6.45) is 5.19. The summed E-state index contributed by atoms with van der Waals surface area (Å²) in [7, 11) is -4.26. The molecule has 3 aromatic rings. The van der Waals surface area contributed by atoms with Crippen LogP contribution >= 0.6 is 46.4 Å². The molecule has 7 nitrogen and oxygen atoms in total. The van der Waals surface area contributed by atoms with Gasteiger partial charge < -0.3 is 10.2 Å². The van der Waals surface area contributed by atoms with E-state index >= 15 is 0 Å². The van der Waals surface area contributed by atoms with Gasteiger partial charge in [0.25, 0.3) is 10.0 Å². The molecule has 0 heterocycles. The van der Waals surface area contributed by atoms with Crippen molar-refractivity contribution in [1.82, 2.24) is 10.2 Å². The van der Waals surface area contributed by atoms with Gasteiger partial charge in [-0.2, -0.15) is 0 Å². The molecule has 2 amide bonds. The first-order valence-corrected chi connectivity index (χ1v) is 17.4. The van der Waals surface area contributed by atoms with E-state index in [1.165, 1.54) is 35.2 Å². The largest absolute Gasteiger partial charge is 0.352 e. The third-order valence-corrected chi connectivity index (χ3v) is 11.0. The van der Waals surface area contributed by atoms with Gasteiger partial charge in [0.2, 0.25) is 11.8 Å². The Balaban J connectivity index is 1.76. The Morgan fingerprint density at radius 1 is 0.886 bits per heavy atom. The summed E-state index contributed by atoms with van der Waals surface area (Å²) in [6, 6.07) is 14.8. The highest BCUT2D eigenvalue weighted by molar-refractivity contribution is 7.92. The first kappa shape index (κ1) is 34.4. The Hall–Kier alpha value is -2.49. The van der Waals surface area contributed by atoms with E-state index in [2.05, 4.69) is 5.32 Å². The molecule has 1 N–H and O–H groups in total. The number of nitrogens with zero attached hydrogens (tertiary/aromatic N) is 2. The van der Waals surface area contributed by atoms with Crippen molar-refractivity contribution in [2.75, 3.05) is 10.8 Å². The molecule has 12 heteroatoms. The number of anilines is 1. The van der Waals surface area contributed by atoms with E-state index in [1.807, 2.05) is 6.92 Å². The molecule has 4 rings (SSSR count). The van der Waals surface area contributed by atoms with Crippen molar-refractivity contribution in [3.8, 4) is 0 Å². The monoisotopic (exact) mass is 697 g/mol. The van der Waals surface area contributed by atoms with E-state index in [1.54, 1.807) is 37.3 Å². The molecule has 236 valence electrons. The lowest BCUT2D eigenvalue weighted by Gasteiger charge is -2.35. The van der Waals surface area contributed by atoms with Crippen molar-refractivity contribution in [3.63, 3.8) is 0 Å². The van der Waals surface area contributed by atoms with Crippen LogP contribution in [0.2, 0.25) is 20.1 Å². The third kappa shape index (κ3) is 8.20. The highest BCUT2D eigenvalue weighted by Gasteiger charge is 2.35. The number of sulfonamides is 1. The molecular formula is C32H35Cl4N3O4S. The third-order valence-electron chi connectivity index (χ3n) is 7.81. The van der Waals surface area contributed by atoms with Gasteiger partial charge in [0.15, 0.2) is 0 Å². The lowest BCUT2D eigenvalue weighted by atomic mass is 9.95. The first-order chi connectivity index (χ1) is 20.9. The number of hydrogen-bond donors (Lipinski definition) is 1. The lowest BCUT2D eigenvalue weighted by molar-refractivity contribution is -0.140. The molecule has 1 saturated carbocycles. The van der Waals surface area contributed by atoms with E-state index in [0.717, 1.165) is 42.0 Å². The molecule has 0 radical (unpaired) electrons. The minimum atomic E-state index is -4.26. The minimum absolute atomic E-state index is 0.00949. The van der Waals surface area contributed by atoms with E-state index < -0.39 is 28.5 Å². The number of aryl methyl sites for hydroxylation is 1. The second kappa shape index (κ2) is 15.2. The van der Waals surface area contributed by atoms with E-state index in [9.17, 15) is 18.0 Å². The Morgan fingerprint density at radius 2 is 1.52 bits per heavy atom. The summed E-state index contributed by atoms with van der Waals surface area (Å²) >= 11 is 25.4. The molecule has 0 spiro atoms. The minimum Gasteiger partial charge on any atom is -0.352 e. The van der Waals surface area contributed by atoms with Crippen molar-refractivity contribution in [2.45, 2.75) is 75.9 Å². The molecule has 1 aliphatic carbocycles. The van der Waals surface area contributed by atoms with E-state index in [4.69, 9.17) is 46.4 Å². The Labute approximate surface area is 279 Å². The Kier molecular flexibility index (Phi) is 11.9. The zero-order chi connectivity index (χ0) is 32.0. The number of rotatable bonds is 11. The highest BCUT2D eigenvalue weighted by Crippen LogP contribution is 2.32. The van der Waals surface area contributed by atoms with Crippen LogP contribution in [0.25, 0.3) is 0 Å². The second-order valence-corrected chi connectivity index (χ2v) is 14.4. The highest BCUT2D eigenvalue weighted by atomic mass is 35.5. The standard InChI is InChI=1S/C32H35Cl4N3O4S/c1-3-30(32(41)37-22-8-5-4-6-9-22)38(19-25-26(33)10-7-11-27(25)34)31(40)20-39(23-14-17-28(35)29(36)18-23)44(42,43)24-15-12-21(2)13-16-24/h7,10-18,22,30H,3-6,8-9,19-20H2,1-2H3,(H,37,41). The quantitative estimate of drug-likeness (QED) is 0.220. The van der Waals surface area contributed by atoms with Crippen molar-refractivity contribution in [2.24, 2.45) is 0 Å². The molecule has 1 fully saturated rings. The van der Waals surface area contributed by atoms with E-state index in [-0.39, 0.29) is 45.5 Å². The maximum absolute atomic E-state index is 14.3. The van der Waals surface area contributed by atoms with Crippen LogP contribution in [0.3, 0.4) is 0 Å². The predicted molar refractivity (Wildman–Crippen MR) is 178 cm³/mol. The first-order valence-electron chi connectivity index (χ1n) is 14.5. The number of carbonyl (C=O) groups is 2. The molecule has 0 saturated heterocycles. The van der Waals surface area contributed by atoms with Gasteiger partial charge in [0.05, 0.1) is 20.6 Å². The van der Waals surface area contributed by atoms with Gasteiger partial charge >= 0.3 is 0 Å². The smallest absolute Gasteiger partial charge is 0.264 e. The summed E-state index contributed by atoms with van der Waals surface area (Å²) in [5, 5.41) is 4.12. The van der Waals surface area contributed by atoms with Crippen LogP contribution in [0.1, 0.15) is 56.6 Å². The molecule has 44 heavy (non-hydrogen) atoms. The number of halogens is 4. The number of benzene rings is 3. The van der Waals surface area contributed by atoms with Crippen molar-refractivity contribution < 1.29 is 18.0 Å². The van der Waals surface area contributed by atoms with Crippen molar-refractivity contribution in [3.05, 3.63) is 91.9 Å². The summed E-state index contributed by atoms with van der Waals surface area (Å²) in [5.74, 6) is -0.924. The van der Waals surface area contributed by atoms with Crippen LogP contribution in [0, 0.1) is 6.92 Å².